The van der Waals surface area contributed by atoms with E-state index in [0.717, 1.165) is 24.2 Å². The van der Waals surface area contributed by atoms with Crippen LogP contribution < -0.4 is 39.1 Å². The fourth-order valence-corrected chi connectivity index (χ4v) is 5.23. The van der Waals surface area contributed by atoms with Crippen LogP contribution in [-0.2, 0) is 9.59 Å². The van der Waals surface area contributed by atoms with Crippen LogP contribution in [0.1, 0.15) is 11.1 Å². The first-order chi connectivity index (χ1) is 22.3. The number of hydrogen-bond donors (Lipinski definition) is 2. The maximum Gasteiger partial charge on any atom is 0.243 e. The van der Waals surface area contributed by atoms with Gasteiger partial charge in [-0.1, -0.05) is 36.5 Å². The summed E-state index contributed by atoms with van der Waals surface area (Å²) in [5, 5.41) is 5.98. The average molecular weight is 636 g/mol. The molecule has 1 aliphatic rings. The molecule has 248 valence electrons. The molecular formula is C35H45N3O8. The fourth-order valence-electron chi connectivity index (χ4n) is 5.23. The van der Waals surface area contributed by atoms with Crippen molar-refractivity contribution in [1.29, 1.82) is 0 Å². The largest absolute Gasteiger partial charge is 0.493 e. The van der Waals surface area contributed by atoms with E-state index < -0.39 is 0 Å². The minimum Gasteiger partial charge on any atom is -0.493 e. The van der Waals surface area contributed by atoms with Crippen LogP contribution in [0.5, 0.6) is 34.5 Å². The normalized spacial score (nSPS) is 16.8. The lowest BCUT2D eigenvalue weighted by Gasteiger charge is -2.18. The lowest BCUT2D eigenvalue weighted by molar-refractivity contribution is -0.117. The number of hydrogen-bond acceptors (Lipinski definition) is 9. The SMILES string of the molecule is COc1cc(/C=C/C=C/C(=O)NCC2CN(C)CC2CNC(=O)/C=C/C=C/c2cc(OC)c(OC)c(OC)c2)cc(OC)c1OC. The van der Waals surface area contributed by atoms with Crippen molar-refractivity contribution in [1.82, 2.24) is 15.5 Å². The predicted molar refractivity (Wildman–Crippen MR) is 179 cm³/mol. The van der Waals surface area contributed by atoms with Gasteiger partial charge in [0.15, 0.2) is 23.0 Å². The molecule has 1 saturated heterocycles. The predicted octanol–water partition coefficient (Wildman–Crippen LogP) is 3.99. The van der Waals surface area contributed by atoms with E-state index in [0.29, 0.717) is 47.6 Å². The number of ether oxygens (including phenoxy) is 6. The Morgan fingerprint density at radius 2 is 0.978 bits per heavy atom. The molecule has 2 atom stereocenters. The topological polar surface area (TPSA) is 117 Å². The van der Waals surface area contributed by atoms with Crippen LogP contribution in [0.4, 0.5) is 0 Å². The van der Waals surface area contributed by atoms with E-state index in [4.69, 9.17) is 28.4 Å². The molecule has 1 fully saturated rings. The van der Waals surface area contributed by atoms with Gasteiger partial charge in [-0.05, 0) is 54.3 Å². The minimum atomic E-state index is -0.186. The standard InChI is InChI=1S/C35H45N3O8/c1-38-22-26(20-36-32(39)14-10-8-12-24-16-28(41-2)34(45-6)29(17-24)42-3)27(23-38)21-37-33(40)15-11-9-13-25-18-30(43-4)35(46-7)31(19-25)44-5/h8-19,26-27H,20-23H2,1-7H3,(H,36,39)(H,37,40)/b12-8+,13-9+,14-10+,15-11+. The highest BCUT2D eigenvalue weighted by molar-refractivity contribution is 5.88. The molecule has 11 heteroatoms. The first kappa shape index (κ1) is 35.6. The lowest BCUT2D eigenvalue weighted by atomic mass is 9.96. The Balaban J connectivity index is 1.47. The Kier molecular flexibility index (Phi) is 14.0. The van der Waals surface area contributed by atoms with Crippen molar-refractivity contribution in [2.75, 3.05) is 75.9 Å². The summed E-state index contributed by atoms with van der Waals surface area (Å²) in [6.45, 7) is 2.69. The first-order valence-electron chi connectivity index (χ1n) is 14.8. The molecule has 0 radical (unpaired) electrons. The van der Waals surface area contributed by atoms with Gasteiger partial charge in [0.05, 0.1) is 42.7 Å². The smallest absolute Gasteiger partial charge is 0.243 e. The number of carbonyl (C=O) groups excluding carboxylic acids is 2. The number of allylic oxidation sites excluding steroid dienone is 4. The molecule has 2 N–H and O–H groups in total. The van der Waals surface area contributed by atoms with Gasteiger partial charge >= 0.3 is 0 Å². The number of carbonyl (C=O) groups is 2. The van der Waals surface area contributed by atoms with E-state index >= 15 is 0 Å². The number of nitrogens with one attached hydrogen (secondary N) is 2. The zero-order valence-electron chi connectivity index (χ0n) is 27.6. The summed E-state index contributed by atoms with van der Waals surface area (Å²) < 4.78 is 32.2. The molecule has 0 bridgehead atoms. The van der Waals surface area contributed by atoms with E-state index in [1.165, 1.54) is 12.2 Å². The average Bonchev–Trinajstić information content (AvgIpc) is 3.44. The second-order valence-electron chi connectivity index (χ2n) is 10.6. The van der Waals surface area contributed by atoms with Crippen LogP contribution in [0.25, 0.3) is 12.2 Å². The lowest BCUT2D eigenvalue weighted by Crippen LogP contribution is -2.36. The molecule has 0 aromatic heterocycles. The van der Waals surface area contributed by atoms with E-state index in [1.54, 1.807) is 67.0 Å². The number of amides is 2. The van der Waals surface area contributed by atoms with Gasteiger partial charge in [-0.2, -0.15) is 0 Å². The van der Waals surface area contributed by atoms with E-state index in [1.807, 2.05) is 43.5 Å². The van der Waals surface area contributed by atoms with Gasteiger partial charge in [0.1, 0.15) is 0 Å². The molecular weight excluding hydrogens is 590 g/mol. The molecule has 3 rings (SSSR count). The second kappa shape index (κ2) is 18.2. The Bertz CT molecular complexity index is 1290. The highest BCUT2D eigenvalue weighted by Crippen LogP contribution is 2.39. The number of benzene rings is 2. The molecule has 2 amide bonds. The van der Waals surface area contributed by atoms with Crippen molar-refractivity contribution >= 4 is 24.0 Å². The van der Waals surface area contributed by atoms with Crippen LogP contribution in [0.2, 0.25) is 0 Å². The van der Waals surface area contributed by atoms with Crippen LogP contribution in [0.15, 0.2) is 60.7 Å². The third kappa shape index (κ3) is 10.1. The third-order valence-electron chi connectivity index (χ3n) is 7.50. The van der Waals surface area contributed by atoms with Crippen LogP contribution in [0, 0.1) is 11.8 Å². The Hall–Kier alpha value is -4.90. The van der Waals surface area contributed by atoms with Gasteiger partial charge < -0.3 is 44.0 Å². The van der Waals surface area contributed by atoms with Gasteiger partial charge in [-0.3, -0.25) is 9.59 Å². The number of likely N-dealkylation sites (tertiary alicyclic amines) is 1. The Labute approximate surface area is 271 Å². The summed E-state index contributed by atoms with van der Waals surface area (Å²) >= 11 is 0. The van der Waals surface area contributed by atoms with Crippen LogP contribution in [-0.4, -0.2) is 92.6 Å². The van der Waals surface area contributed by atoms with Crippen molar-refractivity contribution < 1.29 is 38.0 Å². The summed E-state index contributed by atoms with van der Waals surface area (Å²) in [6.07, 6.45) is 13.6. The van der Waals surface area contributed by atoms with Gasteiger partial charge in [0.2, 0.25) is 23.3 Å². The molecule has 11 nitrogen and oxygen atoms in total. The van der Waals surface area contributed by atoms with Gasteiger partial charge in [-0.15, -0.1) is 0 Å². The van der Waals surface area contributed by atoms with Crippen LogP contribution >= 0.6 is 0 Å². The van der Waals surface area contributed by atoms with Crippen molar-refractivity contribution in [3.05, 3.63) is 71.8 Å². The number of rotatable bonds is 16. The number of methoxy groups -OCH3 is 6. The maximum absolute atomic E-state index is 12.5. The molecule has 0 saturated carbocycles. The van der Waals surface area contributed by atoms with Gasteiger partial charge in [0, 0.05) is 38.3 Å². The fraction of sp³-hybridized carbons (Fsp3) is 0.371. The monoisotopic (exact) mass is 635 g/mol. The van der Waals surface area contributed by atoms with Crippen molar-refractivity contribution in [2.24, 2.45) is 11.8 Å². The van der Waals surface area contributed by atoms with Crippen LogP contribution in [0.3, 0.4) is 0 Å². The zero-order valence-corrected chi connectivity index (χ0v) is 27.6. The Morgan fingerprint density at radius 1 is 0.630 bits per heavy atom. The molecule has 1 heterocycles. The second-order valence-corrected chi connectivity index (χ2v) is 10.6. The highest BCUT2D eigenvalue weighted by Gasteiger charge is 2.30. The van der Waals surface area contributed by atoms with Crippen molar-refractivity contribution in [3.63, 3.8) is 0 Å². The minimum absolute atomic E-state index is 0.186. The van der Waals surface area contributed by atoms with E-state index in [2.05, 4.69) is 15.5 Å². The summed E-state index contributed by atoms with van der Waals surface area (Å²) in [7, 11) is 11.4. The first-order valence-corrected chi connectivity index (χ1v) is 14.8. The van der Waals surface area contributed by atoms with E-state index in [-0.39, 0.29) is 23.7 Å². The van der Waals surface area contributed by atoms with Gasteiger partial charge in [0.25, 0.3) is 0 Å². The molecule has 1 aliphatic heterocycles. The molecule has 0 aliphatic carbocycles. The third-order valence-corrected chi connectivity index (χ3v) is 7.50. The summed E-state index contributed by atoms with van der Waals surface area (Å²) in [5.41, 5.74) is 1.67. The quantitative estimate of drug-likeness (QED) is 0.209. The van der Waals surface area contributed by atoms with E-state index in [9.17, 15) is 9.59 Å². The molecule has 46 heavy (non-hydrogen) atoms. The van der Waals surface area contributed by atoms with Gasteiger partial charge in [-0.25, -0.2) is 0 Å². The molecule has 2 aromatic carbocycles. The van der Waals surface area contributed by atoms with Crippen molar-refractivity contribution in [2.45, 2.75) is 0 Å². The summed E-state index contributed by atoms with van der Waals surface area (Å²) in [6, 6.07) is 7.30. The summed E-state index contributed by atoms with van der Waals surface area (Å²) in [4.78, 5) is 27.2. The van der Waals surface area contributed by atoms with Crippen molar-refractivity contribution in [3.8, 4) is 34.5 Å². The highest BCUT2D eigenvalue weighted by atomic mass is 16.5. The zero-order chi connectivity index (χ0) is 33.5. The molecule has 2 aromatic rings. The summed E-state index contributed by atoms with van der Waals surface area (Å²) in [5.74, 6) is 3.29. The maximum atomic E-state index is 12.5. The molecule has 0 spiro atoms. The Morgan fingerprint density at radius 3 is 1.28 bits per heavy atom. The number of nitrogens with zero attached hydrogens (tertiary/aromatic N) is 1. The molecule has 2 unspecified atom stereocenters.